The molecule has 1 aliphatic rings. The number of aromatic nitrogens is 1. The molecule has 6 nitrogen and oxygen atoms in total. The second-order valence-electron chi connectivity index (χ2n) is 5.68. The highest BCUT2D eigenvalue weighted by atomic mass is 32.2. The van der Waals surface area contributed by atoms with Gasteiger partial charge in [-0.05, 0) is 38.1 Å². The first-order valence-corrected chi connectivity index (χ1v) is 8.66. The molecule has 118 valence electrons. The van der Waals surface area contributed by atoms with E-state index in [1.165, 1.54) is 6.39 Å². The number of benzene rings is 1. The van der Waals surface area contributed by atoms with Crippen LogP contribution in [0.2, 0.25) is 0 Å². The number of nitrogens with zero attached hydrogens (tertiary/aromatic N) is 2. The summed E-state index contributed by atoms with van der Waals surface area (Å²) in [6.45, 7) is 4.95. The summed E-state index contributed by atoms with van der Waals surface area (Å²) in [6.07, 6.45) is 2.95. The molecule has 0 unspecified atom stereocenters. The molecule has 2 atom stereocenters. The Hall–Kier alpha value is -1.70. The van der Waals surface area contributed by atoms with Crippen LogP contribution >= 0.6 is 0 Å². The minimum absolute atomic E-state index is 0.145. The molecule has 0 amide bonds. The van der Waals surface area contributed by atoms with Crippen LogP contribution in [0.1, 0.15) is 13.8 Å². The van der Waals surface area contributed by atoms with Crippen molar-refractivity contribution in [3.05, 3.63) is 36.9 Å². The second kappa shape index (κ2) is 5.83. The zero-order chi connectivity index (χ0) is 15.7. The zero-order valence-electron chi connectivity index (χ0n) is 12.6. The number of oxazole rings is 1. The van der Waals surface area contributed by atoms with Crippen molar-refractivity contribution in [3.8, 4) is 11.3 Å². The summed E-state index contributed by atoms with van der Waals surface area (Å²) in [4.78, 5) is 4.16. The Morgan fingerprint density at radius 1 is 1.18 bits per heavy atom. The van der Waals surface area contributed by atoms with Gasteiger partial charge in [0.25, 0.3) is 0 Å². The normalized spacial score (nSPS) is 23.5. The molecule has 22 heavy (non-hydrogen) atoms. The van der Waals surface area contributed by atoms with Crippen LogP contribution in [0.25, 0.3) is 11.3 Å². The maximum absolute atomic E-state index is 12.7. The van der Waals surface area contributed by atoms with E-state index >= 15 is 0 Å². The Labute approximate surface area is 130 Å². The van der Waals surface area contributed by atoms with Crippen LogP contribution in [-0.4, -0.2) is 42.9 Å². The number of hydrogen-bond acceptors (Lipinski definition) is 5. The third-order valence-corrected chi connectivity index (χ3v) is 5.58. The lowest BCUT2D eigenvalue weighted by Crippen LogP contribution is -2.55. The summed E-state index contributed by atoms with van der Waals surface area (Å²) in [5.41, 5.74) is 0.804. The molecule has 2 aromatic rings. The monoisotopic (exact) mass is 321 g/mol. The number of rotatable bonds is 3. The summed E-state index contributed by atoms with van der Waals surface area (Å²) in [5, 5.41) is 3.33. The largest absolute Gasteiger partial charge is 0.444 e. The van der Waals surface area contributed by atoms with Gasteiger partial charge >= 0.3 is 0 Å². The predicted molar refractivity (Wildman–Crippen MR) is 82.8 cm³/mol. The van der Waals surface area contributed by atoms with Crippen LogP contribution in [0.3, 0.4) is 0 Å². The minimum atomic E-state index is -3.47. The van der Waals surface area contributed by atoms with Crippen molar-refractivity contribution in [2.24, 2.45) is 0 Å². The fourth-order valence-electron chi connectivity index (χ4n) is 2.77. The molecule has 1 saturated heterocycles. The summed E-state index contributed by atoms with van der Waals surface area (Å²) in [5.74, 6) is 0.619. The highest BCUT2D eigenvalue weighted by Gasteiger charge is 2.31. The van der Waals surface area contributed by atoms with E-state index in [1.807, 2.05) is 13.8 Å². The Bertz CT molecular complexity index is 716. The second-order valence-corrected chi connectivity index (χ2v) is 7.62. The van der Waals surface area contributed by atoms with Crippen LogP contribution in [0.15, 0.2) is 46.2 Å². The van der Waals surface area contributed by atoms with Gasteiger partial charge in [0, 0.05) is 30.7 Å². The van der Waals surface area contributed by atoms with Crippen LogP contribution in [0.4, 0.5) is 0 Å². The molecule has 0 saturated carbocycles. The van der Waals surface area contributed by atoms with E-state index in [0.717, 1.165) is 5.56 Å². The number of nitrogens with one attached hydrogen (secondary N) is 1. The van der Waals surface area contributed by atoms with Gasteiger partial charge in [0.15, 0.2) is 12.2 Å². The third-order valence-electron chi connectivity index (χ3n) is 3.73. The zero-order valence-corrected chi connectivity index (χ0v) is 13.4. The number of piperazine rings is 1. The van der Waals surface area contributed by atoms with Crippen molar-refractivity contribution in [1.82, 2.24) is 14.6 Å². The first-order chi connectivity index (χ1) is 10.5. The van der Waals surface area contributed by atoms with Gasteiger partial charge in [-0.1, -0.05) is 0 Å². The van der Waals surface area contributed by atoms with Gasteiger partial charge in [0.05, 0.1) is 11.1 Å². The molecule has 1 aromatic carbocycles. The quantitative estimate of drug-likeness (QED) is 0.931. The van der Waals surface area contributed by atoms with Gasteiger partial charge < -0.3 is 9.73 Å². The molecule has 3 rings (SSSR count). The Kier molecular flexibility index (Phi) is 4.03. The molecule has 0 spiro atoms. The molecule has 0 radical (unpaired) electrons. The lowest BCUT2D eigenvalue weighted by molar-refractivity contribution is 0.263. The van der Waals surface area contributed by atoms with Gasteiger partial charge in [-0.3, -0.25) is 0 Å². The van der Waals surface area contributed by atoms with E-state index in [4.69, 9.17) is 4.42 Å². The molecule has 0 bridgehead atoms. The average molecular weight is 321 g/mol. The van der Waals surface area contributed by atoms with E-state index in [0.29, 0.717) is 23.7 Å². The topological polar surface area (TPSA) is 75.4 Å². The average Bonchev–Trinajstić information content (AvgIpc) is 3.00. The first-order valence-electron chi connectivity index (χ1n) is 7.22. The van der Waals surface area contributed by atoms with Crippen LogP contribution < -0.4 is 5.32 Å². The van der Waals surface area contributed by atoms with E-state index in [-0.39, 0.29) is 12.1 Å². The summed E-state index contributed by atoms with van der Waals surface area (Å²) in [7, 11) is -3.47. The minimum Gasteiger partial charge on any atom is -0.444 e. The Morgan fingerprint density at radius 3 is 2.36 bits per heavy atom. The SMILES string of the molecule is C[C@@H]1CN(S(=O)(=O)c2ccc(-c3cnco3)cc2)C[C@H](C)N1. The molecule has 1 N–H and O–H groups in total. The maximum Gasteiger partial charge on any atom is 0.243 e. The fraction of sp³-hybridized carbons (Fsp3) is 0.400. The molecule has 1 fully saturated rings. The molecule has 7 heteroatoms. The van der Waals surface area contributed by atoms with E-state index < -0.39 is 10.0 Å². The van der Waals surface area contributed by atoms with E-state index in [1.54, 1.807) is 34.8 Å². The lowest BCUT2D eigenvalue weighted by Gasteiger charge is -2.35. The Balaban J connectivity index is 1.86. The summed E-state index contributed by atoms with van der Waals surface area (Å²) >= 11 is 0. The van der Waals surface area contributed by atoms with Crippen molar-refractivity contribution < 1.29 is 12.8 Å². The molecule has 1 aliphatic heterocycles. The van der Waals surface area contributed by atoms with E-state index in [2.05, 4.69) is 10.3 Å². The molecule has 1 aromatic heterocycles. The van der Waals surface area contributed by atoms with Crippen molar-refractivity contribution in [2.75, 3.05) is 13.1 Å². The molecule has 2 heterocycles. The van der Waals surface area contributed by atoms with Gasteiger partial charge in [0.2, 0.25) is 10.0 Å². The van der Waals surface area contributed by atoms with Gasteiger partial charge in [0.1, 0.15) is 0 Å². The predicted octanol–water partition coefficient (Wildman–Crippen LogP) is 1.71. The standard InChI is InChI=1S/C15H19N3O3S/c1-11-8-18(9-12(2)17-11)22(19,20)14-5-3-13(4-6-14)15-7-16-10-21-15/h3-7,10-12,17H,8-9H2,1-2H3/t11-,12+. The van der Waals surface area contributed by atoms with Crippen LogP contribution in [0, 0.1) is 0 Å². The fourth-order valence-corrected chi connectivity index (χ4v) is 4.39. The highest BCUT2D eigenvalue weighted by Crippen LogP contribution is 2.23. The summed E-state index contributed by atoms with van der Waals surface area (Å²) < 4.78 is 32.2. The van der Waals surface area contributed by atoms with Gasteiger partial charge in [-0.15, -0.1) is 0 Å². The first kappa shape index (κ1) is 15.2. The van der Waals surface area contributed by atoms with Crippen LogP contribution in [-0.2, 0) is 10.0 Å². The third kappa shape index (κ3) is 2.92. The Morgan fingerprint density at radius 2 is 1.82 bits per heavy atom. The molecular formula is C15H19N3O3S. The summed E-state index contributed by atoms with van der Waals surface area (Å²) in [6, 6.07) is 7.00. The highest BCUT2D eigenvalue weighted by molar-refractivity contribution is 7.89. The smallest absolute Gasteiger partial charge is 0.243 e. The van der Waals surface area contributed by atoms with Gasteiger partial charge in [-0.2, -0.15) is 4.31 Å². The number of hydrogen-bond donors (Lipinski definition) is 1. The van der Waals surface area contributed by atoms with E-state index in [9.17, 15) is 8.42 Å². The van der Waals surface area contributed by atoms with Crippen LogP contribution in [0.5, 0.6) is 0 Å². The van der Waals surface area contributed by atoms with Crippen molar-refractivity contribution >= 4 is 10.0 Å². The van der Waals surface area contributed by atoms with Crippen molar-refractivity contribution in [1.29, 1.82) is 0 Å². The lowest BCUT2D eigenvalue weighted by atomic mass is 10.2. The number of sulfonamides is 1. The van der Waals surface area contributed by atoms with Gasteiger partial charge in [-0.25, -0.2) is 13.4 Å². The van der Waals surface area contributed by atoms with Crippen molar-refractivity contribution in [2.45, 2.75) is 30.8 Å². The maximum atomic E-state index is 12.7. The van der Waals surface area contributed by atoms with Crippen molar-refractivity contribution in [3.63, 3.8) is 0 Å². The molecule has 0 aliphatic carbocycles. The molecular weight excluding hydrogens is 302 g/mol.